The number of fused-ring (bicyclic) bond motifs is 1. The standard InChI is InChI=1S/C19H24N2O2S/c22-18(13-14-3-6-17-16(12-14)2-1-11-24-17)20-7-9-21(10-8-20)19(23)15-4-5-15/h3,6,12,15H,1-2,4-5,7-11,13H2. The van der Waals surface area contributed by atoms with Crippen molar-refractivity contribution in [3.63, 3.8) is 0 Å². The highest BCUT2D eigenvalue weighted by Gasteiger charge is 2.35. The molecule has 1 aromatic carbocycles. The maximum Gasteiger partial charge on any atom is 0.227 e. The molecule has 2 aliphatic heterocycles. The molecule has 0 N–H and O–H groups in total. The lowest BCUT2D eigenvalue weighted by atomic mass is 10.0. The molecular weight excluding hydrogens is 320 g/mol. The summed E-state index contributed by atoms with van der Waals surface area (Å²) in [5, 5.41) is 0. The number of thioether (sulfide) groups is 1. The van der Waals surface area contributed by atoms with Crippen LogP contribution in [0, 0.1) is 5.92 Å². The first-order valence-electron chi connectivity index (χ1n) is 9.02. The highest BCUT2D eigenvalue weighted by atomic mass is 32.2. The molecule has 1 aromatic rings. The number of piperazine rings is 1. The fourth-order valence-electron chi connectivity index (χ4n) is 3.57. The SMILES string of the molecule is O=C(Cc1ccc2c(c1)CCCS2)N1CCN(C(=O)C2CC2)CC1. The Hall–Kier alpha value is -1.49. The number of nitrogens with zero attached hydrogens (tertiary/aromatic N) is 2. The fraction of sp³-hybridized carbons (Fsp3) is 0.579. The Labute approximate surface area is 147 Å². The summed E-state index contributed by atoms with van der Waals surface area (Å²) >= 11 is 1.92. The molecule has 24 heavy (non-hydrogen) atoms. The van der Waals surface area contributed by atoms with E-state index >= 15 is 0 Å². The van der Waals surface area contributed by atoms with E-state index in [1.807, 2.05) is 21.6 Å². The molecule has 2 heterocycles. The Kier molecular flexibility index (Phi) is 4.53. The predicted octanol–water partition coefficient (Wildman–Crippen LogP) is 2.35. The highest BCUT2D eigenvalue weighted by molar-refractivity contribution is 7.99. The molecule has 0 aromatic heterocycles. The number of aryl methyl sites for hydroxylation is 1. The van der Waals surface area contributed by atoms with Crippen molar-refractivity contribution in [1.29, 1.82) is 0 Å². The zero-order valence-corrected chi connectivity index (χ0v) is 14.8. The van der Waals surface area contributed by atoms with Gasteiger partial charge in [0.2, 0.25) is 11.8 Å². The zero-order chi connectivity index (χ0) is 16.5. The first-order chi connectivity index (χ1) is 11.7. The summed E-state index contributed by atoms with van der Waals surface area (Å²) in [6.45, 7) is 2.75. The Bertz CT molecular complexity index is 649. The van der Waals surface area contributed by atoms with E-state index in [0.29, 0.717) is 38.5 Å². The van der Waals surface area contributed by atoms with Crippen LogP contribution >= 0.6 is 11.8 Å². The highest BCUT2D eigenvalue weighted by Crippen LogP contribution is 2.32. The van der Waals surface area contributed by atoms with E-state index in [9.17, 15) is 9.59 Å². The van der Waals surface area contributed by atoms with Gasteiger partial charge in [0, 0.05) is 37.0 Å². The lowest BCUT2D eigenvalue weighted by molar-refractivity contribution is -0.140. The number of carbonyl (C=O) groups is 2. The van der Waals surface area contributed by atoms with E-state index in [4.69, 9.17) is 0 Å². The molecule has 0 atom stereocenters. The Morgan fingerprint density at radius 1 is 1.08 bits per heavy atom. The number of hydrogen-bond acceptors (Lipinski definition) is 3. The molecule has 3 aliphatic rings. The lowest BCUT2D eigenvalue weighted by Gasteiger charge is -2.35. The molecule has 2 fully saturated rings. The summed E-state index contributed by atoms with van der Waals surface area (Å²) < 4.78 is 0. The molecule has 128 valence electrons. The van der Waals surface area contributed by atoms with Gasteiger partial charge in [-0.05, 0) is 48.6 Å². The summed E-state index contributed by atoms with van der Waals surface area (Å²) in [5.41, 5.74) is 2.52. The van der Waals surface area contributed by atoms with Crippen LogP contribution in [-0.4, -0.2) is 53.5 Å². The van der Waals surface area contributed by atoms with Gasteiger partial charge in [-0.3, -0.25) is 9.59 Å². The van der Waals surface area contributed by atoms with Gasteiger partial charge in [-0.2, -0.15) is 0 Å². The van der Waals surface area contributed by atoms with Gasteiger partial charge >= 0.3 is 0 Å². The van der Waals surface area contributed by atoms with Gasteiger partial charge in [-0.1, -0.05) is 12.1 Å². The van der Waals surface area contributed by atoms with E-state index < -0.39 is 0 Å². The van der Waals surface area contributed by atoms with Crippen molar-refractivity contribution in [2.75, 3.05) is 31.9 Å². The van der Waals surface area contributed by atoms with Crippen molar-refractivity contribution in [2.24, 2.45) is 5.92 Å². The molecule has 0 unspecified atom stereocenters. The van der Waals surface area contributed by atoms with Gasteiger partial charge in [0.15, 0.2) is 0 Å². The first-order valence-corrected chi connectivity index (χ1v) is 10.0. The van der Waals surface area contributed by atoms with Gasteiger partial charge in [0.1, 0.15) is 0 Å². The minimum absolute atomic E-state index is 0.192. The average molecular weight is 344 g/mol. The summed E-state index contributed by atoms with van der Waals surface area (Å²) in [6, 6.07) is 6.49. The lowest BCUT2D eigenvalue weighted by Crippen LogP contribution is -2.51. The second kappa shape index (κ2) is 6.79. The van der Waals surface area contributed by atoms with Crippen LogP contribution in [0.5, 0.6) is 0 Å². The molecule has 4 rings (SSSR count). The van der Waals surface area contributed by atoms with Crippen molar-refractivity contribution in [3.05, 3.63) is 29.3 Å². The molecule has 0 bridgehead atoms. The molecule has 2 amide bonds. The molecule has 0 radical (unpaired) electrons. The zero-order valence-electron chi connectivity index (χ0n) is 14.0. The van der Waals surface area contributed by atoms with Crippen molar-refractivity contribution < 1.29 is 9.59 Å². The van der Waals surface area contributed by atoms with Crippen LogP contribution in [0.15, 0.2) is 23.1 Å². The number of hydrogen-bond donors (Lipinski definition) is 0. The summed E-state index contributed by atoms with van der Waals surface area (Å²) in [7, 11) is 0. The average Bonchev–Trinajstić information content (AvgIpc) is 3.46. The summed E-state index contributed by atoms with van der Waals surface area (Å²) in [6.07, 6.45) is 4.94. The first kappa shape index (κ1) is 16.0. The Balaban J connectivity index is 1.32. The maximum atomic E-state index is 12.6. The second-order valence-corrected chi connectivity index (χ2v) is 8.19. The topological polar surface area (TPSA) is 40.6 Å². The molecule has 1 aliphatic carbocycles. The third-order valence-electron chi connectivity index (χ3n) is 5.20. The number of amides is 2. The third kappa shape index (κ3) is 3.46. The Morgan fingerprint density at radius 3 is 2.58 bits per heavy atom. The number of rotatable bonds is 3. The van der Waals surface area contributed by atoms with E-state index in [1.54, 1.807) is 0 Å². The minimum atomic E-state index is 0.192. The summed E-state index contributed by atoms with van der Waals surface area (Å²) in [5.74, 6) is 1.97. The van der Waals surface area contributed by atoms with E-state index in [1.165, 1.54) is 22.6 Å². The van der Waals surface area contributed by atoms with Crippen LogP contribution < -0.4 is 0 Å². The summed E-state index contributed by atoms with van der Waals surface area (Å²) in [4.78, 5) is 29.9. The van der Waals surface area contributed by atoms with Crippen molar-refractivity contribution in [2.45, 2.75) is 37.0 Å². The quantitative estimate of drug-likeness (QED) is 0.845. The third-order valence-corrected chi connectivity index (χ3v) is 6.40. The van der Waals surface area contributed by atoms with Gasteiger partial charge in [-0.25, -0.2) is 0 Å². The smallest absolute Gasteiger partial charge is 0.227 e. The second-order valence-electron chi connectivity index (χ2n) is 7.05. The van der Waals surface area contributed by atoms with Gasteiger partial charge < -0.3 is 9.80 Å². The molecule has 1 saturated heterocycles. The Morgan fingerprint density at radius 2 is 1.83 bits per heavy atom. The van der Waals surface area contributed by atoms with Crippen LogP contribution in [0.25, 0.3) is 0 Å². The molecule has 5 heteroatoms. The minimum Gasteiger partial charge on any atom is -0.339 e. The monoisotopic (exact) mass is 344 g/mol. The normalized spacial score (nSPS) is 20.7. The van der Waals surface area contributed by atoms with E-state index in [2.05, 4.69) is 18.2 Å². The molecule has 1 saturated carbocycles. The van der Waals surface area contributed by atoms with Gasteiger partial charge in [0.25, 0.3) is 0 Å². The van der Waals surface area contributed by atoms with Crippen LogP contribution in [0.3, 0.4) is 0 Å². The van der Waals surface area contributed by atoms with Crippen molar-refractivity contribution in [1.82, 2.24) is 9.80 Å². The number of carbonyl (C=O) groups excluding carboxylic acids is 2. The van der Waals surface area contributed by atoms with Gasteiger partial charge in [-0.15, -0.1) is 11.8 Å². The molecular formula is C19H24N2O2S. The predicted molar refractivity (Wildman–Crippen MR) is 95.1 cm³/mol. The van der Waals surface area contributed by atoms with Crippen LogP contribution in [-0.2, 0) is 22.4 Å². The number of benzene rings is 1. The molecule has 0 spiro atoms. The van der Waals surface area contributed by atoms with Crippen molar-refractivity contribution >= 4 is 23.6 Å². The van der Waals surface area contributed by atoms with E-state index in [0.717, 1.165) is 24.8 Å². The van der Waals surface area contributed by atoms with Gasteiger partial charge in [0.05, 0.1) is 6.42 Å². The molecule has 4 nitrogen and oxygen atoms in total. The van der Waals surface area contributed by atoms with Crippen LogP contribution in [0.4, 0.5) is 0 Å². The fourth-order valence-corrected chi connectivity index (χ4v) is 4.59. The largest absolute Gasteiger partial charge is 0.339 e. The van der Waals surface area contributed by atoms with E-state index in [-0.39, 0.29) is 11.8 Å². The van der Waals surface area contributed by atoms with Crippen molar-refractivity contribution in [3.8, 4) is 0 Å². The van der Waals surface area contributed by atoms with Crippen LogP contribution in [0.2, 0.25) is 0 Å². The maximum absolute atomic E-state index is 12.6. The van der Waals surface area contributed by atoms with Crippen LogP contribution in [0.1, 0.15) is 30.4 Å².